The second-order valence-electron chi connectivity index (χ2n) is 3.93. The Morgan fingerprint density at radius 1 is 0.800 bits per heavy atom. The first kappa shape index (κ1) is 5.28. The van der Waals surface area contributed by atoms with Crippen LogP contribution in [-0.4, -0.2) is 12.1 Å². The SMILES string of the molecule is C1CC2CC3N=NC2CC13. The Morgan fingerprint density at radius 3 is 1.60 bits per heavy atom. The van der Waals surface area contributed by atoms with Crippen LogP contribution in [0.3, 0.4) is 0 Å². The number of hydrogen-bond acceptors (Lipinski definition) is 2. The van der Waals surface area contributed by atoms with Gasteiger partial charge in [-0.2, -0.15) is 10.2 Å². The van der Waals surface area contributed by atoms with E-state index in [2.05, 4.69) is 10.2 Å². The molecule has 3 saturated carbocycles. The molecule has 0 amide bonds. The molecular formula is C8H12N2. The molecule has 2 aliphatic heterocycles. The lowest BCUT2D eigenvalue weighted by atomic mass is 9.65. The number of nitrogens with zero attached hydrogens (tertiary/aromatic N) is 2. The fourth-order valence-corrected chi connectivity index (χ4v) is 2.82. The summed E-state index contributed by atoms with van der Waals surface area (Å²) in [5, 5.41) is 8.61. The maximum absolute atomic E-state index is 4.31. The summed E-state index contributed by atoms with van der Waals surface area (Å²) < 4.78 is 0. The number of fused-ring (bicyclic) bond motifs is 1. The van der Waals surface area contributed by atoms with Gasteiger partial charge in [0.1, 0.15) is 0 Å². The molecule has 2 nitrogen and oxygen atoms in total. The third kappa shape index (κ3) is 0.505. The fourth-order valence-electron chi connectivity index (χ4n) is 2.82. The van der Waals surface area contributed by atoms with Crippen molar-refractivity contribution in [3.8, 4) is 0 Å². The average Bonchev–Trinajstić information content (AvgIpc) is 2.05. The molecule has 0 aromatic carbocycles. The monoisotopic (exact) mass is 136 g/mol. The van der Waals surface area contributed by atoms with E-state index in [1.54, 1.807) is 0 Å². The standard InChI is InChI=1S/C8H12N2/c1-2-6-4-7-5(1)3-8(6)10-9-7/h5-8H,1-4H2. The van der Waals surface area contributed by atoms with E-state index in [1.165, 1.54) is 25.7 Å². The van der Waals surface area contributed by atoms with E-state index in [1.807, 2.05) is 0 Å². The van der Waals surface area contributed by atoms with Crippen molar-refractivity contribution in [2.45, 2.75) is 37.8 Å². The van der Waals surface area contributed by atoms with Gasteiger partial charge in [-0.15, -0.1) is 0 Å². The molecule has 0 saturated heterocycles. The zero-order valence-electron chi connectivity index (χ0n) is 6.03. The summed E-state index contributed by atoms with van der Waals surface area (Å²) in [7, 11) is 0. The van der Waals surface area contributed by atoms with E-state index in [4.69, 9.17) is 0 Å². The summed E-state index contributed by atoms with van der Waals surface area (Å²) >= 11 is 0. The predicted octanol–water partition coefficient (Wildman–Crippen LogP) is 2.01. The van der Waals surface area contributed by atoms with Gasteiger partial charge in [0.25, 0.3) is 0 Å². The van der Waals surface area contributed by atoms with Crippen molar-refractivity contribution in [1.82, 2.24) is 0 Å². The summed E-state index contributed by atoms with van der Waals surface area (Å²) in [6, 6.07) is 1.28. The Morgan fingerprint density at radius 2 is 1.30 bits per heavy atom. The van der Waals surface area contributed by atoms with E-state index in [0.717, 1.165) is 11.8 Å². The van der Waals surface area contributed by atoms with Gasteiger partial charge in [-0.1, -0.05) is 0 Å². The lowest BCUT2D eigenvalue weighted by molar-refractivity contribution is 0.0854. The van der Waals surface area contributed by atoms with Crippen molar-refractivity contribution in [3.05, 3.63) is 0 Å². The Kier molecular flexibility index (Phi) is 0.846. The number of rotatable bonds is 0. The topological polar surface area (TPSA) is 24.7 Å². The normalized spacial score (nSPS) is 56.0. The first-order valence-corrected chi connectivity index (χ1v) is 4.33. The van der Waals surface area contributed by atoms with Gasteiger partial charge in [-0.05, 0) is 37.5 Å². The molecule has 2 heteroatoms. The maximum atomic E-state index is 4.31. The number of hydrogen-bond donors (Lipinski definition) is 0. The lowest BCUT2D eigenvalue weighted by Gasteiger charge is -2.46. The highest BCUT2D eigenvalue weighted by Crippen LogP contribution is 2.47. The van der Waals surface area contributed by atoms with Crippen molar-refractivity contribution < 1.29 is 0 Å². The van der Waals surface area contributed by atoms with Crippen molar-refractivity contribution in [2.75, 3.05) is 0 Å². The summed E-state index contributed by atoms with van der Waals surface area (Å²) in [4.78, 5) is 0. The Hall–Kier alpha value is -0.400. The molecule has 0 spiro atoms. The molecule has 4 unspecified atom stereocenters. The van der Waals surface area contributed by atoms with Gasteiger partial charge in [0.05, 0.1) is 12.1 Å². The van der Waals surface area contributed by atoms with Crippen LogP contribution in [0.4, 0.5) is 0 Å². The van der Waals surface area contributed by atoms with Crippen LogP contribution in [0.1, 0.15) is 25.7 Å². The first-order chi connectivity index (χ1) is 4.93. The Balaban J connectivity index is 2.04. The molecule has 0 aromatic rings. The molecule has 5 rings (SSSR count). The zero-order valence-corrected chi connectivity index (χ0v) is 6.03. The minimum Gasteiger partial charge on any atom is -0.190 e. The van der Waals surface area contributed by atoms with Crippen LogP contribution < -0.4 is 0 Å². The van der Waals surface area contributed by atoms with Crippen molar-refractivity contribution >= 4 is 0 Å². The van der Waals surface area contributed by atoms with E-state index in [0.29, 0.717) is 12.1 Å². The molecule has 4 bridgehead atoms. The van der Waals surface area contributed by atoms with Gasteiger partial charge in [-0.25, -0.2) is 0 Å². The van der Waals surface area contributed by atoms with E-state index in [9.17, 15) is 0 Å². The summed E-state index contributed by atoms with van der Waals surface area (Å²) in [5.41, 5.74) is 0. The molecule has 5 aliphatic rings. The van der Waals surface area contributed by atoms with Crippen LogP contribution in [0.2, 0.25) is 0 Å². The molecule has 3 aliphatic carbocycles. The van der Waals surface area contributed by atoms with E-state index >= 15 is 0 Å². The fraction of sp³-hybridized carbons (Fsp3) is 1.00. The van der Waals surface area contributed by atoms with Gasteiger partial charge in [0, 0.05) is 0 Å². The average molecular weight is 136 g/mol. The van der Waals surface area contributed by atoms with Crippen molar-refractivity contribution in [2.24, 2.45) is 22.1 Å². The molecular weight excluding hydrogens is 124 g/mol. The molecule has 0 N–H and O–H groups in total. The van der Waals surface area contributed by atoms with Crippen LogP contribution in [0.15, 0.2) is 10.2 Å². The smallest absolute Gasteiger partial charge is 0.0740 e. The minimum atomic E-state index is 0.642. The second kappa shape index (κ2) is 1.60. The van der Waals surface area contributed by atoms with Gasteiger partial charge < -0.3 is 0 Å². The summed E-state index contributed by atoms with van der Waals surface area (Å²) in [6.07, 6.45) is 5.59. The van der Waals surface area contributed by atoms with E-state index in [-0.39, 0.29) is 0 Å². The van der Waals surface area contributed by atoms with Crippen molar-refractivity contribution in [3.63, 3.8) is 0 Å². The van der Waals surface area contributed by atoms with Gasteiger partial charge >= 0.3 is 0 Å². The molecule has 10 heavy (non-hydrogen) atoms. The molecule has 0 aromatic heterocycles. The molecule has 0 radical (unpaired) electrons. The first-order valence-electron chi connectivity index (χ1n) is 4.33. The minimum absolute atomic E-state index is 0.642. The molecule has 3 fully saturated rings. The van der Waals surface area contributed by atoms with Gasteiger partial charge in [-0.3, -0.25) is 0 Å². The van der Waals surface area contributed by atoms with E-state index < -0.39 is 0 Å². The number of azo groups is 1. The van der Waals surface area contributed by atoms with Gasteiger partial charge in [0.2, 0.25) is 0 Å². The lowest BCUT2D eigenvalue weighted by Crippen LogP contribution is -2.45. The third-order valence-electron chi connectivity index (χ3n) is 3.45. The third-order valence-corrected chi connectivity index (χ3v) is 3.45. The highest BCUT2D eigenvalue weighted by atomic mass is 15.2. The molecule has 4 atom stereocenters. The van der Waals surface area contributed by atoms with Crippen LogP contribution in [0.25, 0.3) is 0 Å². The van der Waals surface area contributed by atoms with Crippen LogP contribution in [0, 0.1) is 11.8 Å². The second-order valence-corrected chi connectivity index (χ2v) is 3.93. The Labute approximate surface area is 60.7 Å². The van der Waals surface area contributed by atoms with Crippen LogP contribution >= 0.6 is 0 Å². The largest absolute Gasteiger partial charge is 0.190 e. The highest BCUT2D eigenvalue weighted by Gasteiger charge is 2.44. The quantitative estimate of drug-likeness (QED) is 0.486. The van der Waals surface area contributed by atoms with Crippen molar-refractivity contribution in [1.29, 1.82) is 0 Å². The van der Waals surface area contributed by atoms with Gasteiger partial charge in [0.15, 0.2) is 0 Å². The highest BCUT2D eigenvalue weighted by molar-refractivity contribution is 5.00. The van der Waals surface area contributed by atoms with Crippen LogP contribution in [0.5, 0.6) is 0 Å². The molecule has 2 heterocycles. The molecule has 54 valence electrons. The summed E-state index contributed by atoms with van der Waals surface area (Å²) in [6.45, 7) is 0. The zero-order chi connectivity index (χ0) is 6.55. The van der Waals surface area contributed by atoms with Crippen LogP contribution in [-0.2, 0) is 0 Å². The summed E-state index contributed by atoms with van der Waals surface area (Å²) in [5.74, 6) is 1.85. The Bertz CT molecular complexity index is 168. The maximum Gasteiger partial charge on any atom is 0.0740 e. The predicted molar refractivity (Wildman–Crippen MR) is 37.9 cm³/mol.